The topological polar surface area (TPSA) is 26.0 Å². The maximum absolute atomic E-state index is 13.0. The van der Waals surface area contributed by atoms with Crippen molar-refractivity contribution < 1.29 is 13.2 Å². The molecule has 0 aromatic heterocycles. The molecule has 0 aliphatic heterocycles. The zero-order valence-corrected chi connectivity index (χ0v) is 12.8. The van der Waals surface area contributed by atoms with Crippen LogP contribution in [0.5, 0.6) is 0 Å². The third-order valence-electron chi connectivity index (χ3n) is 4.04. The molecule has 0 radical (unpaired) electrons. The largest absolute Gasteiger partial charge is 0.407 e. The molecule has 0 unspecified atom stereocenters. The van der Waals surface area contributed by atoms with Crippen molar-refractivity contribution in [1.29, 1.82) is 0 Å². The van der Waals surface area contributed by atoms with Crippen molar-refractivity contribution >= 4 is 10.8 Å². The minimum atomic E-state index is -4.42. The number of hydrogen-bond acceptors (Lipinski definition) is 1. The number of aryl methyl sites for hydroxylation is 1. The first-order valence-corrected chi connectivity index (χ1v) is 7.78. The van der Waals surface area contributed by atoms with E-state index in [9.17, 15) is 13.2 Å². The average molecular weight is 309 g/mol. The second-order valence-electron chi connectivity index (χ2n) is 5.68. The van der Waals surface area contributed by atoms with Crippen LogP contribution in [0.25, 0.3) is 10.8 Å². The van der Waals surface area contributed by atoms with Gasteiger partial charge in [0.05, 0.1) is 0 Å². The number of unbranched alkanes of at least 4 members (excludes halogenated alkanes) is 3. The van der Waals surface area contributed by atoms with E-state index in [-0.39, 0.29) is 5.56 Å². The van der Waals surface area contributed by atoms with E-state index in [1.54, 1.807) is 6.07 Å². The average Bonchev–Trinajstić information content (AvgIpc) is 2.49. The summed E-state index contributed by atoms with van der Waals surface area (Å²) in [5, 5.41) is 1.85. The molecule has 120 valence electrons. The lowest BCUT2D eigenvalue weighted by molar-refractivity contribution is -0.149. The maximum Gasteiger partial charge on any atom is 0.407 e. The molecular weight excluding hydrogens is 287 g/mol. The Morgan fingerprint density at radius 3 is 2.41 bits per heavy atom. The van der Waals surface area contributed by atoms with E-state index in [0.29, 0.717) is 6.42 Å². The molecular formula is C18H22F3N. The minimum Gasteiger partial charge on any atom is -0.316 e. The molecule has 1 atom stereocenters. The van der Waals surface area contributed by atoms with Gasteiger partial charge in [-0.15, -0.1) is 0 Å². The molecule has 22 heavy (non-hydrogen) atoms. The predicted molar refractivity (Wildman–Crippen MR) is 84.8 cm³/mol. The highest BCUT2D eigenvalue weighted by molar-refractivity contribution is 5.87. The van der Waals surface area contributed by atoms with Crippen LogP contribution >= 0.6 is 0 Å². The highest BCUT2D eigenvalue weighted by Crippen LogP contribution is 2.35. The molecule has 0 amide bonds. The van der Waals surface area contributed by atoms with Gasteiger partial charge < -0.3 is 5.73 Å². The van der Waals surface area contributed by atoms with E-state index in [1.807, 2.05) is 24.3 Å². The van der Waals surface area contributed by atoms with Gasteiger partial charge in [0.15, 0.2) is 0 Å². The molecule has 2 aromatic carbocycles. The third kappa shape index (κ3) is 3.80. The van der Waals surface area contributed by atoms with Crippen molar-refractivity contribution in [1.82, 2.24) is 0 Å². The van der Waals surface area contributed by atoms with Crippen LogP contribution in [0.2, 0.25) is 0 Å². The summed E-state index contributed by atoms with van der Waals surface area (Å²) in [4.78, 5) is 0. The Labute approximate surface area is 129 Å². The minimum absolute atomic E-state index is 0.211. The quantitative estimate of drug-likeness (QED) is 0.698. The lowest BCUT2D eigenvalue weighted by atomic mass is 9.91. The molecule has 2 N–H and O–H groups in total. The normalized spacial score (nSPS) is 13.5. The first kappa shape index (κ1) is 16.8. The van der Waals surface area contributed by atoms with Crippen molar-refractivity contribution in [3.8, 4) is 0 Å². The SMILES string of the molecule is CCCCCCc1c([C@H](N)C(F)(F)F)ccc2ccccc12. The third-order valence-corrected chi connectivity index (χ3v) is 4.04. The summed E-state index contributed by atoms with van der Waals surface area (Å²) < 4.78 is 39.1. The Morgan fingerprint density at radius 1 is 1.00 bits per heavy atom. The van der Waals surface area contributed by atoms with Gasteiger partial charge in [-0.1, -0.05) is 62.6 Å². The molecule has 0 saturated carbocycles. The van der Waals surface area contributed by atoms with Crippen LogP contribution < -0.4 is 5.73 Å². The molecule has 0 aliphatic rings. The van der Waals surface area contributed by atoms with Crippen LogP contribution in [0.3, 0.4) is 0 Å². The highest BCUT2D eigenvalue weighted by Gasteiger charge is 2.39. The van der Waals surface area contributed by atoms with E-state index < -0.39 is 12.2 Å². The van der Waals surface area contributed by atoms with Crippen molar-refractivity contribution in [3.63, 3.8) is 0 Å². The van der Waals surface area contributed by atoms with Gasteiger partial charge in [-0.3, -0.25) is 0 Å². The van der Waals surface area contributed by atoms with Gasteiger partial charge in [-0.25, -0.2) is 0 Å². The Hall–Kier alpha value is -1.55. The van der Waals surface area contributed by atoms with E-state index in [2.05, 4.69) is 6.92 Å². The van der Waals surface area contributed by atoms with Crippen molar-refractivity contribution in [3.05, 3.63) is 47.5 Å². The predicted octanol–water partition coefficient (Wildman–Crippen LogP) is 5.52. The zero-order chi connectivity index (χ0) is 16.2. The maximum atomic E-state index is 13.0. The number of fused-ring (bicyclic) bond motifs is 1. The Morgan fingerprint density at radius 2 is 1.73 bits per heavy atom. The summed E-state index contributed by atoms with van der Waals surface area (Å²) in [6, 6.07) is 8.91. The van der Waals surface area contributed by atoms with Crippen molar-refractivity contribution in [2.75, 3.05) is 0 Å². The molecule has 0 saturated heterocycles. The Balaban J connectivity index is 2.41. The smallest absolute Gasteiger partial charge is 0.316 e. The summed E-state index contributed by atoms with van der Waals surface area (Å²) in [6.07, 6.45) is 0.344. The number of nitrogens with two attached hydrogens (primary N) is 1. The van der Waals surface area contributed by atoms with Gasteiger partial charge in [-0.2, -0.15) is 13.2 Å². The van der Waals surface area contributed by atoms with Gasteiger partial charge in [0.25, 0.3) is 0 Å². The first-order valence-electron chi connectivity index (χ1n) is 7.78. The van der Waals surface area contributed by atoms with Gasteiger partial charge >= 0.3 is 6.18 Å². The molecule has 4 heteroatoms. The fourth-order valence-corrected chi connectivity index (χ4v) is 2.83. The summed E-state index contributed by atoms with van der Waals surface area (Å²) in [5.74, 6) is 0. The van der Waals surface area contributed by atoms with Gasteiger partial charge in [0.1, 0.15) is 6.04 Å². The van der Waals surface area contributed by atoms with E-state index in [4.69, 9.17) is 5.73 Å². The van der Waals surface area contributed by atoms with Crippen LogP contribution in [-0.2, 0) is 6.42 Å². The molecule has 0 spiro atoms. The Kier molecular flexibility index (Phi) is 5.46. The standard InChI is InChI=1S/C18H22F3N/c1-2-3-4-5-10-15-14-9-7-6-8-13(14)11-12-16(15)17(22)18(19,20)21/h6-9,11-12,17H,2-5,10,22H2,1H3/t17-/m0/s1. The second kappa shape index (κ2) is 7.14. The summed E-state index contributed by atoms with van der Waals surface area (Å²) in [5.41, 5.74) is 6.43. The van der Waals surface area contributed by atoms with Crippen LogP contribution in [0, 0.1) is 0 Å². The van der Waals surface area contributed by atoms with Crippen LogP contribution in [-0.4, -0.2) is 6.18 Å². The van der Waals surface area contributed by atoms with Crippen molar-refractivity contribution in [2.45, 2.75) is 51.2 Å². The van der Waals surface area contributed by atoms with E-state index >= 15 is 0 Å². The van der Waals surface area contributed by atoms with Crippen LogP contribution in [0.15, 0.2) is 36.4 Å². The zero-order valence-electron chi connectivity index (χ0n) is 12.8. The van der Waals surface area contributed by atoms with Crippen LogP contribution in [0.4, 0.5) is 13.2 Å². The van der Waals surface area contributed by atoms with Gasteiger partial charge in [0.2, 0.25) is 0 Å². The fourth-order valence-electron chi connectivity index (χ4n) is 2.83. The first-order chi connectivity index (χ1) is 10.4. The number of benzene rings is 2. The van der Waals surface area contributed by atoms with Crippen molar-refractivity contribution in [2.24, 2.45) is 5.73 Å². The Bertz CT molecular complexity index is 619. The molecule has 2 rings (SSSR count). The number of halogens is 3. The molecule has 0 aliphatic carbocycles. The van der Waals surface area contributed by atoms with Crippen LogP contribution in [0.1, 0.15) is 49.8 Å². The van der Waals surface area contributed by atoms with Gasteiger partial charge in [-0.05, 0) is 34.7 Å². The summed E-state index contributed by atoms with van der Waals surface area (Å²) in [6.45, 7) is 2.11. The number of alkyl halides is 3. The number of rotatable bonds is 6. The van der Waals surface area contributed by atoms with Gasteiger partial charge in [0, 0.05) is 0 Å². The summed E-state index contributed by atoms with van der Waals surface area (Å²) in [7, 11) is 0. The molecule has 1 nitrogen and oxygen atoms in total. The second-order valence-corrected chi connectivity index (χ2v) is 5.68. The molecule has 0 heterocycles. The molecule has 2 aromatic rings. The number of hydrogen-bond donors (Lipinski definition) is 1. The lowest BCUT2D eigenvalue weighted by Crippen LogP contribution is -2.29. The molecule has 0 bridgehead atoms. The highest BCUT2D eigenvalue weighted by atomic mass is 19.4. The monoisotopic (exact) mass is 309 g/mol. The van der Waals surface area contributed by atoms with E-state index in [1.165, 1.54) is 6.07 Å². The summed E-state index contributed by atoms with van der Waals surface area (Å²) >= 11 is 0. The lowest BCUT2D eigenvalue weighted by Gasteiger charge is -2.21. The fraction of sp³-hybridized carbons (Fsp3) is 0.444. The van der Waals surface area contributed by atoms with E-state index in [0.717, 1.165) is 42.0 Å². The molecule has 0 fully saturated rings.